The summed E-state index contributed by atoms with van der Waals surface area (Å²) >= 11 is 0. The lowest BCUT2D eigenvalue weighted by molar-refractivity contribution is 0.0752. The number of carbonyl (C=O) groups excluding carboxylic acids is 1. The molecule has 0 saturated carbocycles. The maximum absolute atomic E-state index is 12.7. The molecule has 1 aromatic carbocycles. The van der Waals surface area contributed by atoms with E-state index in [-0.39, 0.29) is 12.0 Å². The number of benzene rings is 1. The van der Waals surface area contributed by atoms with Crippen molar-refractivity contribution in [1.82, 2.24) is 9.88 Å². The van der Waals surface area contributed by atoms with E-state index in [1.165, 1.54) is 0 Å². The zero-order valence-corrected chi connectivity index (χ0v) is 14.5. The van der Waals surface area contributed by atoms with Crippen LogP contribution in [0.25, 0.3) is 0 Å². The van der Waals surface area contributed by atoms with E-state index in [4.69, 9.17) is 4.74 Å². The Morgan fingerprint density at radius 3 is 2.96 bits per heavy atom. The van der Waals surface area contributed by atoms with E-state index < -0.39 is 0 Å². The number of aromatic nitrogens is 1. The van der Waals surface area contributed by atoms with Crippen molar-refractivity contribution >= 4 is 5.91 Å². The van der Waals surface area contributed by atoms with Gasteiger partial charge in [0.1, 0.15) is 5.75 Å². The van der Waals surface area contributed by atoms with Crippen LogP contribution < -0.4 is 4.74 Å². The lowest BCUT2D eigenvalue weighted by Crippen LogP contribution is -2.32. The molecule has 2 aromatic rings. The predicted octanol–water partition coefficient (Wildman–Crippen LogP) is 2.67. The molecular weight excluding hydrogens is 316 g/mol. The zero-order valence-electron chi connectivity index (χ0n) is 14.5. The summed E-state index contributed by atoms with van der Waals surface area (Å²) in [6.45, 7) is 1.29. The Balaban J connectivity index is 1.73. The molecule has 25 heavy (non-hydrogen) atoms. The standard InChI is InChI=1S/C20H24N2O3/c1-25-19-6-2-4-15(12-19)10-16-11-17(14-21-13-16)20(24)22-8-3-5-18(23)7-9-22/h2,4,6,11-14,18,23H,3,5,7-10H2,1H3/t18-/m0/s1. The molecule has 5 nitrogen and oxygen atoms in total. The topological polar surface area (TPSA) is 62.7 Å². The van der Waals surface area contributed by atoms with Crippen LogP contribution in [0.1, 0.15) is 40.7 Å². The quantitative estimate of drug-likeness (QED) is 0.929. The van der Waals surface area contributed by atoms with Gasteiger partial charge in [0, 0.05) is 25.5 Å². The second-order valence-electron chi connectivity index (χ2n) is 6.49. The number of methoxy groups -OCH3 is 1. The first kappa shape index (κ1) is 17.4. The maximum atomic E-state index is 12.7. The van der Waals surface area contributed by atoms with E-state index in [1.54, 1.807) is 19.5 Å². The number of rotatable bonds is 4. The number of carbonyl (C=O) groups is 1. The van der Waals surface area contributed by atoms with Crippen LogP contribution in [0.4, 0.5) is 0 Å². The molecule has 1 amide bonds. The van der Waals surface area contributed by atoms with Crippen LogP contribution in [0.3, 0.4) is 0 Å². The van der Waals surface area contributed by atoms with Crippen LogP contribution in [-0.2, 0) is 6.42 Å². The van der Waals surface area contributed by atoms with Crippen molar-refractivity contribution in [2.24, 2.45) is 0 Å². The van der Waals surface area contributed by atoms with Gasteiger partial charge in [-0.05, 0) is 55.0 Å². The van der Waals surface area contributed by atoms with E-state index in [0.717, 1.165) is 29.7 Å². The van der Waals surface area contributed by atoms with E-state index >= 15 is 0 Å². The van der Waals surface area contributed by atoms with Crippen LogP contribution in [-0.4, -0.2) is 47.2 Å². The molecule has 1 aromatic heterocycles. The summed E-state index contributed by atoms with van der Waals surface area (Å²) in [5.41, 5.74) is 2.72. The molecule has 5 heteroatoms. The molecule has 0 radical (unpaired) electrons. The summed E-state index contributed by atoms with van der Waals surface area (Å²) < 4.78 is 5.26. The predicted molar refractivity (Wildman–Crippen MR) is 95.8 cm³/mol. The smallest absolute Gasteiger partial charge is 0.255 e. The second kappa shape index (κ2) is 8.12. The molecule has 1 aliphatic heterocycles. The fourth-order valence-corrected chi connectivity index (χ4v) is 3.18. The van der Waals surface area contributed by atoms with Crippen molar-refractivity contribution < 1.29 is 14.6 Å². The minimum atomic E-state index is -0.296. The molecule has 1 N–H and O–H groups in total. The molecule has 0 bridgehead atoms. The Bertz CT molecular complexity index is 732. The number of aliphatic hydroxyl groups is 1. The van der Waals surface area contributed by atoms with Gasteiger partial charge in [0.15, 0.2) is 0 Å². The SMILES string of the molecule is COc1cccc(Cc2cncc(C(=O)N3CCC[C@H](O)CC3)c2)c1. The van der Waals surface area contributed by atoms with E-state index in [2.05, 4.69) is 4.98 Å². The highest BCUT2D eigenvalue weighted by atomic mass is 16.5. The number of hydrogen-bond acceptors (Lipinski definition) is 4. The molecule has 0 spiro atoms. The Kier molecular flexibility index (Phi) is 5.66. The lowest BCUT2D eigenvalue weighted by atomic mass is 10.0. The number of likely N-dealkylation sites (tertiary alicyclic amines) is 1. The Morgan fingerprint density at radius 2 is 2.12 bits per heavy atom. The fourth-order valence-electron chi connectivity index (χ4n) is 3.18. The van der Waals surface area contributed by atoms with Gasteiger partial charge in [0.05, 0.1) is 18.8 Å². The third kappa shape index (κ3) is 4.57. The first-order valence-corrected chi connectivity index (χ1v) is 8.70. The average molecular weight is 340 g/mol. The summed E-state index contributed by atoms with van der Waals surface area (Å²) in [7, 11) is 1.65. The third-order valence-corrected chi connectivity index (χ3v) is 4.57. The summed E-state index contributed by atoms with van der Waals surface area (Å²) in [5.74, 6) is 0.815. The molecule has 2 heterocycles. The molecular formula is C20H24N2O3. The molecule has 3 rings (SSSR count). The van der Waals surface area contributed by atoms with E-state index in [0.29, 0.717) is 31.5 Å². The highest BCUT2D eigenvalue weighted by Gasteiger charge is 2.20. The van der Waals surface area contributed by atoms with Crippen molar-refractivity contribution in [2.45, 2.75) is 31.8 Å². The van der Waals surface area contributed by atoms with Crippen LogP contribution in [0, 0.1) is 0 Å². The van der Waals surface area contributed by atoms with Crippen molar-refractivity contribution in [2.75, 3.05) is 20.2 Å². The van der Waals surface area contributed by atoms with Gasteiger partial charge in [-0.25, -0.2) is 0 Å². The van der Waals surface area contributed by atoms with Crippen molar-refractivity contribution in [3.8, 4) is 5.75 Å². The minimum absolute atomic E-state index is 0.00547. The maximum Gasteiger partial charge on any atom is 0.255 e. The largest absolute Gasteiger partial charge is 0.497 e. The van der Waals surface area contributed by atoms with Gasteiger partial charge in [-0.1, -0.05) is 12.1 Å². The van der Waals surface area contributed by atoms with Crippen molar-refractivity contribution in [1.29, 1.82) is 0 Å². The molecule has 0 aliphatic carbocycles. The van der Waals surface area contributed by atoms with Gasteiger partial charge < -0.3 is 14.7 Å². The first-order chi connectivity index (χ1) is 12.2. The van der Waals surface area contributed by atoms with E-state index in [1.807, 2.05) is 35.2 Å². The van der Waals surface area contributed by atoms with Crippen LogP contribution in [0.5, 0.6) is 5.75 Å². The molecule has 1 saturated heterocycles. The molecule has 1 fully saturated rings. The highest BCUT2D eigenvalue weighted by molar-refractivity contribution is 5.94. The molecule has 0 unspecified atom stereocenters. The Labute approximate surface area is 148 Å². The van der Waals surface area contributed by atoms with Gasteiger partial charge in [0.25, 0.3) is 5.91 Å². The van der Waals surface area contributed by atoms with Crippen LogP contribution >= 0.6 is 0 Å². The van der Waals surface area contributed by atoms with Crippen molar-refractivity contribution in [3.63, 3.8) is 0 Å². The van der Waals surface area contributed by atoms with Crippen molar-refractivity contribution in [3.05, 3.63) is 59.4 Å². The Morgan fingerprint density at radius 1 is 1.24 bits per heavy atom. The number of amides is 1. The third-order valence-electron chi connectivity index (χ3n) is 4.57. The van der Waals surface area contributed by atoms with Crippen LogP contribution in [0.2, 0.25) is 0 Å². The second-order valence-corrected chi connectivity index (χ2v) is 6.49. The van der Waals surface area contributed by atoms with Gasteiger partial charge in [0.2, 0.25) is 0 Å². The number of aliphatic hydroxyl groups excluding tert-OH is 1. The van der Waals surface area contributed by atoms with E-state index in [9.17, 15) is 9.90 Å². The summed E-state index contributed by atoms with van der Waals surface area (Å²) in [5, 5.41) is 9.75. The average Bonchev–Trinajstić information content (AvgIpc) is 2.86. The van der Waals surface area contributed by atoms with Gasteiger partial charge >= 0.3 is 0 Å². The summed E-state index contributed by atoms with van der Waals surface area (Å²) in [6.07, 6.45) is 6.06. The summed E-state index contributed by atoms with van der Waals surface area (Å²) in [6, 6.07) is 9.81. The minimum Gasteiger partial charge on any atom is -0.497 e. The lowest BCUT2D eigenvalue weighted by Gasteiger charge is -2.20. The van der Waals surface area contributed by atoms with Gasteiger partial charge in [-0.15, -0.1) is 0 Å². The fraction of sp³-hybridized carbons (Fsp3) is 0.400. The first-order valence-electron chi connectivity index (χ1n) is 8.70. The molecule has 132 valence electrons. The molecule has 1 aliphatic rings. The monoisotopic (exact) mass is 340 g/mol. The van der Waals surface area contributed by atoms with Crippen LogP contribution in [0.15, 0.2) is 42.7 Å². The summed E-state index contributed by atoms with van der Waals surface area (Å²) in [4.78, 5) is 18.8. The number of ether oxygens (including phenoxy) is 1. The Hall–Kier alpha value is -2.40. The molecule has 1 atom stereocenters. The highest BCUT2D eigenvalue weighted by Crippen LogP contribution is 2.18. The number of pyridine rings is 1. The normalized spacial score (nSPS) is 17.8. The number of hydrogen-bond donors (Lipinski definition) is 1. The number of nitrogens with zero attached hydrogens (tertiary/aromatic N) is 2. The van der Waals surface area contributed by atoms with Gasteiger partial charge in [-0.3, -0.25) is 9.78 Å². The zero-order chi connectivity index (χ0) is 17.6. The van der Waals surface area contributed by atoms with Gasteiger partial charge in [-0.2, -0.15) is 0 Å².